The molecule has 138 valence electrons. The third-order valence-corrected chi connectivity index (χ3v) is 4.94. The molecule has 0 radical (unpaired) electrons. The number of primary amides is 1. The number of benzene rings is 1. The third kappa shape index (κ3) is 4.45. The lowest BCUT2D eigenvalue weighted by molar-refractivity contribution is -0.125. The second-order valence-corrected chi connectivity index (χ2v) is 6.98. The molecule has 0 spiro atoms. The molecule has 0 aliphatic rings. The topological polar surface area (TPSA) is 80.9 Å². The highest BCUT2D eigenvalue weighted by molar-refractivity contribution is 6.34. The van der Waals surface area contributed by atoms with Gasteiger partial charge < -0.3 is 5.73 Å². The molecule has 0 aliphatic carbocycles. The largest absolute Gasteiger partial charge is 0.368 e. The molecule has 2 aromatic heterocycles. The van der Waals surface area contributed by atoms with Crippen LogP contribution in [-0.2, 0) is 23.3 Å². The molecule has 1 atom stereocenters. The van der Waals surface area contributed by atoms with Crippen molar-refractivity contribution in [3.8, 4) is 0 Å². The molecule has 27 heavy (non-hydrogen) atoms. The number of nitrogens with two attached hydrogens (primary N) is 1. The molecule has 3 rings (SSSR count). The zero-order valence-electron chi connectivity index (χ0n) is 14.4. The lowest BCUT2D eigenvalue weighted by atomic mass is 9.82. The van der Waals surface area contributed by atoms with E-state index < -0.39 is 11.4 Å². The van der Waals surface area contributed by atoms with Gasteiger partial charge in [-0.05, 0) is 53.6 Å². The Kier molecular flexibility index (Phi) is 6.06. The predicted octanol–water partition coefficient (Wildman–Crippen LogP) is 3.50. The fraction of sp³-hybridized carbons (Fsp3) is 0.150. The predicted molar refractivity (Wildman–Crippen MR) is 106 cm³/mol. The fourth-order valence-corrected chi connectivity index (χ4v) is 3.40. The van der Waals surface area contributed by atoms with Gasteiger partial charge in [-0.2, -0.15) is 0 Å². The number of nitrogens with one attached hydrogen (secondary N) is 1. The minimum Gasteiger partial charge on any atom is -0.368 e. The van der Waals surface area contributed by atoms with Crippen LogP contribution in [0.15, 0.2) is 67.3 Å². The SMILES string of the molecule is NC(=O)C(Cc1ccncc1)(NCc1ccncc1)c1cc(Cl)ccc1Cl. The molecule has 0 saturated heterocycles. The van der Waals surface area contributed by atoms with Crippen molar-refractivity contribution in [3.63, 3.8) is 0 Å². The molecule has 1 aromatic carbocycles. The Morgan fingerprint density at radius 3 is 2.15 bits per heavy atom. The normalized spacial score (nSPS) is 13.1. The number of aromatic nitrogens is 2. The van der Waals surface area contributed by atoms with E-state index in [1.54, 1.807) is 43.0 Å². The Labute approximate surface area is 167 Å². The van der Waals surface area contributed by atoms with Gasteiger partial charge in [0.25, 0.3) is 0 Å². The highest BCUT2D eigenvalue weighted by atomic mass is 35.5. The van der Waals surface area contributed by atoms with Crippen LogP contribution >= 0.6 is 23.2 Å². The highest BCUT2D eigenvalue weighted by Gasteiger charge is 2.40. The van der Waals surface area contributed by atoms with Gasteiger partial charge in [-0.3, -0.25) is 20.1 Å². The van der Waals surface area contributed by atoms with E-state index in [0.717, 1.165) is 11.1 Å². The first-order chi connectivity index (χ1) is 13.0. The maximum atomic E-state index is 12.7. The minimum atomic E-state index is -1.24. The monoisotopic (exact) mass is 400 g/mol. The maximum Gasteiger partial charge on any atom is 0.242 e. The van der Waals surface area contributed by atoms with Gasteiger partial charge in [0.1, 0.15) is 5.54 Å². The van der Waals surface area contributed by atoms with Crippen LogP contribution in [-0.4, -0.2) is 15.9 Å². The Hall–Kier alpha value is -2.47. The number of carbonyl (C=O) groups excluding carboxylic acids is 1. The van der Waals surface area contributed by atoms with Crippen LogP contribution in [0.25, 0.3) is 0 Å². The van der Waals surface area contributed by atoms with Crippen molar-refractivity contribution >= 4 is 29.1 Å². The average Bonchev–Trinajstić information content (AvgIpc) is 2.68. The van der Waals surface area contributed by atoms with Crippen LogP contribution in [0.1, 0.15) is 16.7 Å². The van der Waals surface area contributed by atoms with Crippen LogP contribution in [0.2, 0.25) is 10.0 Å². The summed E-state index contributed by atoms with van der Waals surface area (Å²) in [5.41, 5.74) is 7.05. The van der Waals surface area contributed by atoms with Crippen LogP contribution < -0.4 is 11.1 Å². The third-order valence-electron chi connectivity index (χ3n) is 4.37. The summed E-state index contributed by atoms with van der Waals surface area (Å²) in [6.07, 6.45) is 7.03. The van der Waals surface area contributed by atoms with Crippen LogP contribution in [0, 0.1) is 0 Å². The van der Waals surface area contributed by atoms with E-state index in [-0.39, 0.29) is 0 Å². The number of halogens is 2. The van der Waals surface area contributed by atoms with E-state index >= 15 is 0 Å². The second kappa shape index (κ2) is 8.48. The summed E-state index contributed by atoms with van der Waals surface area (Å²) >= 11 is 12.6. The Morgan fingerprint density at radius 1 is 0.963 bits per heavy atom. The second-order valence-electron chi connectivity index (χ2n) is 6.14. The lowest BCUT2D eigenvalue weighted by Crippen LogP contribution is -2.54. The number of carbonyl (C=O) groups is 1. The summed E-state index contributed by atoms with van der Waals surface area (Å²) in [5.74, 6) is -0.544. The van der Waals surface area contributed by atoms with Gasteiger partial charge in [0.05, 0.1) is 0 Å². The van der Waals surface area contributed by atoms with Gasteiger partial charge >= 0.3 is 0 Å². The van der Waals surface area contributed by atoms with Gasteiger partial charge in [0, 0.05) is 53.4 Å². The number of rotatable bonds is 7. The summed E-state index contributed by atoms with van der Waals surface area (Å²) in [6.45, 7) is 0.402. The standard InChI is InChI=1S/C20H18Cl2N4O/c21-16-1-2-18(22)17(11-16)20(19(23)27,12-14-3-7-24-8-4-14)26-13-15-5-9-25-10-6-15/h1-11,26H,12-13H2,(H2,23,27). The van der Waals surface area contributed by atoms with E-state index in [4.69, 9.17) is 28.9 Å². The van der Waals surface area contributed by atoms with Gasteiger partial charge in [0.15, 0.2) is 0 Å². The van der Waals surface area contributed by atoms with Gasteiger partial charge in [0.2, 0.25) is 5.91 Å². The lowest BCUT2D eigenvalue weighted by Gasteiger charge is -2.33. The van der Waals surface area contributed by atoms with Crippen LogP contribution in [0.5, 0.6) is 0 Å². The molecular formula is C20H18Cl2N4O. The molecule has 0 bridgehead atoms. The van der Waals surface area contributed by atoms with Crippen LogP contribution in [0.4, 0.5) is 0 Å². The highest BCUT2D eigenvalue weighted by Crippen LogP contribution is 2.34. The maximum absolute atomic E-state index is 12.7. The van der Waals surface area contributed by atoms with Crippen LogP contribution in [0.3, 0.4) is 0 Å². The molecule has 0 saturated carbocycles. The molecule has 0 fully saturated rings. The van der Waals surface area contributed by atoms with Crippen molar-refractivity contribution in [2.24, 2.45) is 5.73 Å². The van der Waals surface area contributed by atoms with Crippen molar-refractivity contribution in [1.29, 1.82) is 0 Å². The van der Waals surface area contributed by atoms with Crippen molar-refractivity contribution < 1.29 is 4.79 Å². The molecule has 1 unspecified atom stereocenters. The molecule has 5 nitrogen and oxygen atoms in total. The van der Waals surface area contributed by atoms with E-state index in [2.05, 4.69) is 15.3 Å². The Balaban J connectivity index is 2.07. The number of pyridine rings is 2. The summed E-state index contributed by atoms with van der Waals surface area (Å²) in [4.78, 5) is 20.8. The van der Waals surface area contributed by atoms with Gasteiger partial charge in [-0.25, -0.2) is 0 Å². The first-order valence-electron chi connectivity index (χ1n) is 8.29. The minimum absolute atomic E-state index is 0.302. The number of hydrogen-bond acceptors (Lipinski definition) is 4. The van der Waals surface area contributed by atoms with E-state index in [9.17, 15) is 4.79 Å². The molecule has 1 amide bonds. The van der Waals surface area contributed by atoms with Crippen molar-refractivity contribution in [1.82, 2.24) is 15.3 Å². The Bertz CT molecular complexity index is 922. The summed E-state index contributed by atoms with van der Waals surface area (Å²) in [6, 6.07) is 12.4. The van der Waals surface area contributed by atoms with E-state index in [0.29, 0.717) is 28.6 Å². The quantitative estimate of drug-likeness (QED) is 0.635. The molecule has 0 aliphatic heterocycles. The fourth-order valence-electron chi connectivity index (χ4n) is 2.94. The zero-order chi connectivity index (χ0) is 19.3. The number of hydrogen-bond donors (Lipinski definition) is 2. The average molecular weight is 401 g/mol. The van der Waals surface area contributed by atoms with Crippen molar-refractivity contribution in [3.05, 3.63) is 94.0 Å². The van der Waals surface area contributed by atoms with Gasteiger partial charge in [-0.1, -0.05) is 23.2 Å². The molecule has 3 N–H and O–H groups in total. The Morgan fingerprint density at radius 2 is 1.56 bits per heavy atom. The molecule has 7 heteroatoms. The number of nitrogens with zero attached hydrogens (tertiary/aromatic N) is 2. The first kappa shape index (κ1) is 19.3. The summed E-state index contributed by atoms with van der Waals surface area (Å²) in [7, 11) is 0. The summed E-state index contributed by atoms with van der Waals surface area (Å²) in [5, 5.41) is 4.20. The number of amides is 1. The zero-order valence-corrected chi connectivity index (χ0v) is 15.9. The molecule has 2 heterocycles. The van der Waals surface area contributed by atoms with Crippen molar-refractivity contribution in [2.45, 2.75) is 18.5 Å². The van der Waals surface area contributed by atoms with E-state index in [1.807, 2.05) is 24.3 Å². The van der Waals surface area contributed by atoms with Gasteiger partial charge in [-0.15, -0.1) is 0 Å². The van der Waals surface area contributed by atoms with E-state index in [1.165, 1.54) is 0 Å². The first-order valence-corrected chi connectivity index (χ1v) is 9.05. The summed E-state index contributed by atoms with van der Waals surface area (Å²) < 4.78 is 0. The smallest absolute Gasteiger partial charge is 0.242 e. The van der Waals surface area contributed by atoms with Crippen molar-refractivity contribution in [2.75, 3.05) is 0 Å². The molecular weight excluding hydrogens is 383 g/mol. The molecule has 3 aromatic rings.